The lowest BCUT2D eigenvalue weighted by atomic mass is 9.97. The van der Waals surface area contributed by atoms with E-state index in [1.54, 1.807) is 24.3 Å². The molecule has 2 aromatic rings. The van der Waals surface area contributed by atoms with Gasteiger partial charge in [-0.3, -0.25) is 0 Å². The highest BCUT2D eigenvalue weighted by molar-refractivity contribution is 7.89. The van der Waals surface area contributed by atoms with Gasteiger partial charge < -0.3 is 9.26 Å². The van der Waals surface area contributed by atoms with Gasteiger partial charge in [0, 0.05) is 17.7 Å². The van der Waals surface area contributed by atoms with Gasteiger partial charge in [-0.25, -0.2) is 13.1 Å². The summed E-state index contributed by atoms with van der Waals surface area (Å²) in [5.74, 6) is 0.882. The Morgan fingerprint density at radius 3 is 2.42 bits per heavy atom. The Morgan fingerprint density at radius 2 is 1.81 bits per heavy atom. The number of rotatable bonds is 5. The maximum absolute atomic E-state index is 12.9. The average molecular weight is 378 g/mol. The Labute approximate surface area is 155 Å². The Bertz CT molecular complexity index is 837. The van der Waals surface area contributed by atoms with Crippen molar-refractivity contribution in [2.75, 3.05) is 7.11 Å². The minimum absolute atomic E-state index is 0.0124. The number of benzene rings is 1. The van der Waals surface area contributed by atoms with Crippen molar-refractivity contribution in [2.45, 2.75) is 62.8 Å². The number of nitrogens with zero attached hydrogens (tertiary/aromatic N) is 1. The molecule has 1 N–H and O–H groups in total. The summed E-state index contributed by atoms with van der Waals surface area (Å²) in [7, 11) is -2.17. The average Bonchev–Trinajstić information content (AvgIpc) is 3.03. The molecule has 6 nitrogen and oxygen atoms in total. The zero-order valence-corrected chi connectivity index (χ0v) is 16.1. The molecule has 0 radical (unpaired) electrons. The lowest BCUT2D eigenvalue weighted by Gasteiger charge is -2.21. The quantitative estimate of drug-likeness (QED) is 0.849. The van der Waals surface area contributed by atoms with E-state index in [4.69, 9.17) is 9.26 Å². The van der Waals surface area contributed by atoms with E-state index < -0.39 is 10.0 Å². The molecule has 7 heteroatoms. The van der Waals surface area contributed by atoms with Gasteiger partial charge in [0.2, 0.25) is 10.0 Å². The van der Waals surface area contributed by atoms with E-state index in [9.17, 15) is 8.42 Å². The van der Waals surface area contributed by atoms with Crippen LogP contribution in [0.4, 0.5) is 0 Å². The van der Waals surface area contributed by atoms with E-state index in [0.29, 0.717) is 11.5 Å². The summed E-state index contributed by atoms with van der Waals surface area (Å²) in [5, 5.41) is 3.87. The number of ether oxygens (including phenoxy) is 1. The molecule has 1 aliphatic carbocycles. The molecular weight excluding hydrogens is 352 g/mol. The highest BCUT2D eigenvalue weighted by Gasteiger charge is 2.24. The second kappa shape index (κ2) is 8.22. The van der Waals surface area contributed by atoms with E-state index in [2.05, 4.69) is 9.88 Å². The molecule has 0 bridgehead atoms. The molecule has 1 aliphatic rings. The molecule has 1 heterocycles. The second-order valence-corrected chi connectivity index (χ2v) is 8.54. The first kappa shape index (κ1) is 18.9. The van der Waals surface area contributed by atoms with Crippen LogP contribution in [0.3, 0.4) is 0 Å². The predicted octanol–water partition coefficient (Wildman–Crippen LogP) is 4.05. The molecule has 1 saturated carbocycles. The van der Waals surface area contributed by atoms with Crippen molar-refractivity contribution in [3.63, 3.8) is 0 Å². The maximum atomic E-state index is 12.9. The van der Waals surface area contributed by atoms with Gasteiger partial charge in [0.05, 0.1) is 12.8 Å². The molecule has 0 unspecified atom stereocenters. The normalized spacial score (nSPS) is 16.8. The van der Waals surface area contributed by atoms with Crippen LogP contribution in [0.2, 0.25) is 0 Å². The molecular formula is C19H26N2O4S. The minimum Gasteiger partial charge on any atom is -0.495 e. The van der Waals surface area contributed by atoms with E-state index in [-0.39, 0.29) is 10.9 Å². The lowest BCUT2D eigenvalue weighted by molar-refractivity contribution is 0.398. The Balaban J connectivity index is 1.84. The molecule has 0 saturated heterocycles. The number of aromatic nitrogens is 1. The third-order valence-electron chi connectivity index (χ3n) is 4.79. The first-order valence-electron chi connectivity index (χ1n) is 9.13. The summed E-state index contributed by atoms with van der Waals surface area (Å²) in [5.41, 5.74) is 1.49. The number of aryl methyl sites for hydroxylation is 1. The predicted molar refractivity (Wildman–Crippen MR) is 99.7 cm³/mol. The molecule has 26 heavy (non-hydrogen) atoms. The zero-order chi connectivity index (χ0) is 18.6. The number of hydrogen-bond donors (Lipinski definition) is 1. The molecule has 142 valence electrons. The molecule has 1 aromatic carbocycles. The molecule has 1 aromatic heterocycles. The summed E-state index contributed by atoms with van der Waals surface area (Å²) in [6, 6.07) is 6.75. The van der Waals surface area contributed by atoms with Crippen molar-refractivity contribution in [2.24, 2.45) is 0 Å². The van der Waals surface area contributed by atoms with Gasteiger partial charge in [-0.1, -0.05) is 37.3 Å². The van der Waals surface area contributed by atoms with Crippen molar-refractivity contribution >= 4 is 10.0 Å². The van der Waals surface area contributed by atoms with Gasteiger partial charge >= 0.3 is 0 Å². The van der Waals surface area contributed by atoms with E-state index >= 15 is 0 Å². The van der Waals surface area contributed by atoms with Crippen LogP contribution in [0.5, 0.6) is 5.75 Å². The fraction of sp³-hybridized carbons (Fsp3) is 0.526. The van der Waals surface area contributed by atoms with Gasteiger partial charge in [-0.15, -0.1) is 0 Å². The fourth-order valence-corrected chi connectivity index (χ4v) is 4.86. The van der Waals surface area contributed by atoms with Crippen LogP contribution in [-0.2, 0) is 10.0 Å². The van der Waals surface area contributed by atoms with Gasteiger partial charge in [-0.2, -0.15) is 0 Å². The molecule has 0 atom stereocenters. The third-order valence-corrected chi connectivity index (χ3v) is 6.35. The number of hydrogen-bond acceptors (Lipinski definition) is 5. The molecule has 0 spiro atoms. The lowest BCUT2D eigenvalue weighted by Crippen LogP contribution is -2.35. The van der Waals surface area contributed by atoms with Crippen molar-refractivity contribution < 1.29 is 17.7 Å². The van der Waals surface area contributed by atoms with Crippen molar-refractivity contribution in [1.29, 1.82) is 0 Å². The van der Waals surface area contributed by atoms with Crippen molar-refractivity contribution in [3.05, 3.63) is 30.0 Å². The Morgan fingerprint density at radius 1 is 1.12 bits per heavy atom. The van der Waals surface area contributed by atoms with Gasteiger partial charge in [0.15, 0.2) is 5.76 Å². The summed E-state index contributed by atoms with van der Waals surface area (Å²) >= 11 is 0. The van der Waals surface area contributed by atoms with E-state index in [0.717, 1.165) is 36.9 Å². The Hall–Kier alpha value is -1.86. The number of methoxy groups -OCH3 is 1. The first-order chi connectivity index (χ1) is 12.5. The van der Waals surface area contributed by atoms with Gasteiger partial charge in [0.25, 0.3) is 0 Å². The topological polar surface area (TPSA) is 81.4 Å². The summed E-state index contributed by atoms with van der Waals surface area (Å²) in [4.78, 5) is 0.155. The maximum Gasteiger partial charge on any atom is 0.244 e. The smallest absolute Gasteiger partial charge is 0.244 e. The molecule has 0 aliphatic heterocycles. The largest absolute Gasteiger partial charge is 0.495 e. The SMILES string of the molecule is COc1cc(-c2cc(C)no2)ccc1S(=O)(=O)NC1CCCCCCC1. The third kappa shape index (κ3) is 4.45. The van der Waals surface area contributed by atoms with Gasteiger partial charge in [-0.05, 0) is 38.0 Å². The van der Waals surface area contributed by atoms with Crippen LogP contribution in [0.1, 0.15) is 50.6 Å². The summed E-state index contributed by atoms with van der Waals surface area (Å²) in [6.45, 7) is 1.84. The number of nitrogens with one attached hydrogen (secondary N) is 1. The van der Waals surface area contributed by atoms with Crippen LogP contribution in [0, 0.1) is 6.92 Å². The fourth-order valence-electron chi connectivity index (χ4n) is 3.40. The highest BCUT2D eigenvalue weighted by Crippen LogP contribution is 2.31. The minimum atomic E-state index is -3.65. The van der Waals surface area contributed by atoms with Crippen LogP contribution < -0.4 is 9.46 Å². The van der Waals surface area contributed by atoms with Crippen LogP contribution in [0.15, 0.2) is 33.7 Å². The molecule has 1 fully saturated rings. The summed E-state index contributed by atoms with van der Waals surface area (Å²) < 4.78 is 39.3. The van der Waals surface area contributed by atoms with E-state index in [1.807, 2.05) is 6.92 Å². The first-order valence-corrected chi connectivity index (χ1v) is 10.6. The van der Waals surface area contributed by atoms with E-state index in [1.165, 1.54) is 26.4 Å². The van der Waals surface area contributed by atoms with Crippen molar-refractivity contribution in [3.8, 4) is 17.1 Å². The van der Waals surface area contributed by atoms with Crippen LogP contribution in [0.25, 0.3) is 11.3 Å². The molecule has 0 amide bonds. The van der Waals surface area contributed by atoms with Crippen LogP contribution in [-0.4, -0.2) is 26.7 Å². The standard InChI is InChI=1S/C19H26N2O4S/c1-14-12-17(25-20-14)15-10-11-19(18(13-15)24-2)26(22,23)21-16-8-6-4-3-5-7-9-16/h10-13,16,21H,3-9H2,1-2H3. The second-order valence-electron chi connectivity index (χ2n) is 6.86. The van der Waals surface area contributed by atoms with Gasteiger partial charge in [0.1, 0.15) is 10.6 Å². The zero-order valence-electron chi connectivity index (χ0n) is 15.3. The Kier molecular flexibility index (Phi) is 5.98. The summed E-state index contributed by atoms with van der Waals surface area (Å²) in [6.07, 6.45) is 7.49. The van der Waals surface area contributed by atoms with Crippen LogP contribution >= 0.6 is 0 Å². The number of sulfonamides is 1. The van der Waals surface area contributed by atoms with Crippen molar-refractivity contribution in [1.82, 2.24) is 9.88 Å². The molecule has 3 rings (SSSR count). The highest BCUT2D eigenvalue weighted by atomic mass is 32.2. The monoisotopic (exact) mass is 378 g/mol.